The molecule has 2 aliphatic heterocycles. The lowest BCUT2D eigenvalue weighted by molar-refractivity contribution is 0.0303. The van der Waals surface area contributed by atoms with Crippen molar-refractivity contribution in [1.29, 1.82) is 0 Å². The molecule has 0 N–H and O–H groups in total. The molecule has 0 atom stereocenters. The van der Waals surface area contributed by atoms with Crippen molar-refractivity contribution in [3.8, 4) is 5.75 Å². The van der Waals surface area contributed by atoms with Gasteiger partial charge in [0, 0.05) is 37.3 Å². The maximum Gasteiger partial charge on any atom is 0.254 e. The minimum absolute atomic E-state index is 0.0835. The summed E-state index contributed by atoms with van der Waals surface area (Å²) in [7, 11) is 1.62. The minimum Gasteiger partial charge on any atom is -0.497 e. The first-order valence-corrected chi connectivity index (χ1v) is 11.0. The number of morpholine rings is 1. The van der Waals surface area contributed by atoms with Gasteiger partial charge in [0.05, 0.1) is 20.3 Å². The molecule has 2 amide bonds. The van der Waals surface area contributed by atoms with E-state index in [4.69, 9.17) is 9.47 Å². The molecule has 2 heterocycles. The standard InChI is InChI=1S/C25H30N2O4/c1-30-23-8-6-22(7-9-23)24(28)26-12-10-20(11-13-26)18-19-2-4-21(5-3-19)25(29)27-14-16-31-17-15-27/h2-9,20H,10-18H2,1H3. The Labute approximate surface area is 183 Å². The number of nitrogens with zero attached hydrogens (tertiary/aromatic N) is 2. The number of carbonyl (C=O) groups is 2. The van der Waals surface area contributed by atoms with E-state index in [1.807, 2.05) is 46.2 Å². The Hall–Kier alpha value is -2.86. The topological polar surface area (TPSA) is 59.1 Å². The molecule has 0 bridgehead atoms. The first-order chi connectivity index (χ1) is 15.1. The molecule has 0 radical (unpaired) electrons. The Balaban J connectivity index is 1.27. The van der Waals surface area contributed by atoms with Gasteiger partial charge in [0.1, 0.15) is 5.75 Å². The van der Waals surface area contributed by atoms with Crippen molar-refractivity contribution in [2.45, 2.75) is 19.3 Å². The SMILES string of the molecule is COc1ccc(C(=O)N2CCC(Cc3ccc(C(=O)N4CCOCC4)cc3)CC2)cc1. The molecular formula is C25H30N2O4. The summed E-state index contributed by atoms with van der Waals surface area (Å²) in [5.74, 6) is 1.49. The van der Waals surface area contributed by atoms with Crippen molar-refractivity contribution >= 4 is 11.8 Å². The lowest BCUT2D eigenvalue weighted by Crippen LogP contribution is -2.40. The summed E-state index contributed by atoms with van der Waals surface area (Å²) >= 11 is 0. The maximum atomic E-state index is 12.7. The highest BCUT2D eigenvalue weighted by Crippen LogP contribution is 2.24. The zero-order chi connectivity index (χ0) is 21.6. The van der Waals surface area contributed by atoms with Crippen LogP contribution in [0, 0.1) is 5.92 Å². The molecule has 0 saturated carbocycles. The van der Waals surface area contributed by atoms with E-state index in [0.29, 0.717) is 37.8 Å². The number of carbonyl (C=O) groups excluding carboxylic acids is 2. The molecule has 31 heavy (non-hydrogen) atoms. The lowest BCUT2D eigenvalue weighted by atomic mass is 9.89. The predicted molar refractivity (Wildman–Crippen MR) is 118 cm³/mol. The molecule has 6 nitrogen and oxygen atoms in total. The molecule has 6 heteroatoms. The summed E-state index contributed by atoms with van der Waals surface area (Å²) in [5.41, 5.74) is 2.70. The fourth-order valence-electron chi connectivity index (χ4n) is 4.32. The second-order valence-corrected chi connectivity index (χ2v) is 8.27. The summed E-state index contributed by atoms with van der Waals surface area (Å²) < 4.78 is 10.5. The predicted octanol–water partition coefficient (Wildman–Crippen LogP) is 3.26. The number of methoxy groups -OCH3 is 1. The number of benzene rings is 2. The van der Waals surface area contributed by atoms with Gasteiger partial charge in [0.2, 0.25) is 0 Å². The van der Waals surface area contributed by atoms with Gasteiger partial charge in [-0.2, -0.15) is 0 Å². The highest BCUT2D eigenvalue weighted by atomic mass is 16.5. The quantitative estimate of drug-likeness (QED) is 0.742. The van der Waals surface area contributed by atoms with Crippen LogP contribution in [0.1, 0.15) is 39.1 Å². The third kappa shape index (κ3) is 5.25. The zero-order valence-electron chi connectivity index (χ0n) is 18.1. The third-order valence-corrected chi connectivity index (χ3v) is 6.26. The van der Waals surface area contributed by atoms with Crippen LogP contribution in [0.15, 0.2) is 48.5 Å². The van der Waals surface area contributed by atoms with Crippen LogP contribution in [0.25, 0.3) is 0 Å². The van der Waals surface area contributed by atoms with Gasteiger partial charge < -0.3 is 19.3 Å². The average molecular weight is 423 g/mol. The van der Waals surface area contributed by atoms with E-state index in [1.54, 1.807) is 7.11 Å². The molecule has 2 aliphatic rings. The molecule has 2 saturated heterocycles. The van der Waals surface area contributed by atoms with Crippen LogP contribution in [0.2, 0.25) is 0 Å². The summed E-state index contributed by atoms with van der Waals surface area (Å²) in [6.45, 7) is 4.11. The van der Waals surface area contributed by atoms with Crippen LogP contribution in [0.4, 0.5) is 0 Å². The van der Waals surface area contributed by atoms with Crippen LogP contribution >= 0.6 is 0 Å². The van der Waals surface area contributed by atoms with E-state index >= 15 is 0 Å². The smallest absolute Gasteiger partial charge is 0.254 e. The van der Waals surface area contributed by atoms with Crippen molar-refractivity contribution in [3.63, 3.8) is 0 Å². The Bertz CT molecular complexity index is 881. The highest BCUT2D eigenvalue weighted by Gasteiger charge is 2.24. The molecule has 2 aromatic rings. The number of likely N-dealkylation sites (tertiary alicyclic amines) is 1. The number of hydrogen-bond acceptors (Lipinski definition) is 4. The van der Waals surface area contributed by atoms with E-state index in [2.05, 4.69) is 12.1 Å². The lowest BCUT2D eigenvalue weighted by Gasteiger charge is -2.32. The van der Waals surface area contributed by atoms with Crippen molar-refractivity contribution in [1.82, 2.24) is 9.80 Å². The van der Waals surface area contributed by atoms with Gasteiger partial charge >= 0.3 is 0 Å². The summed E-state index contributed by atoms with van der Waals surface area (Å²) in [5, 5.41) is 0. The second-order valence-electron chi connectivity index (χ2n) is 8.27. The zero-order valence-corrected chi connectivity index (χ0v) is 18.1. The summed E-state index contributed by atoms with van der Waals surface area (Å²) in [4.78, 5) is 29.1. The van der Waals surface area contributed by atoms with E-state index in [-0.39, 0.29) is 11.8 Å². The largest absolute Gasteiger partial charge is 0.497 e. The van der Waals surface area contributed by atoms with Gasteiger partial charge in [-0.25, -0.2) is 0 Å². The molecule has 0 spiro atoms. The van der Waals surface area contributed by atoms with Gasteiger partial charge in [0.25, 0.3) is 11.8 Å². The van der Waals surface area contributed by atoms with Gasteiger partial charge in [-0.1, -0.05) is 12.1 Å². The van der Waals surface area contributed by atoms with E-state index in [9.17, 15) is 9.59 Å². The molecule has 2 aromatic carbocycles. The Kier molecular flexibility index (Phi) is 6.87. The first-order valence-electron chi connectivity index (χ1n) is 11.0. The van der Waals surface area contributed by atoms with Gasteiger partial charge in [-0.3, -0.25) is 9.59 Å². The van der Waals surface area contributed by atoms with E-state index in [0.717, 1.165) is 43.7 Å². The Morgan fingerprint density at radius 3 is 1.90 bits per heavy atom. The molecule has 4 rings (SSSR count). The molecular weight excluding hydrogens is 392 g/mol. The van der Waals surface area contributed by atoms with Gasteiger partial charge in [0.15, 0.2) is 0 Å². The van der Waals surface area contributed by atoms with Gasteiger partial charge in [-0.05, 0) is 67.1 Å². The van der Waals surface area contributed by atoms with E-state index in [1.165, 1.54) is 5.56 Å². The van der Waals surface area contributed by atoms with Crippen molar-refractivity contribution < 1.29 is 19.1 Å². The molecule has 0 aliphatic carbocycles. The van der Waals surface area contributed by atoms with Crippen LogP contribution in [-0.4, -0.2) is 68.1 Å². The normalized spacial score (nSPS) is 17.5. The number of hydrogen-bond donors (Lipinski definition) is 0. The number of rotatable bonds is 5. The monoisotopic (exact) mass is 422 g/mol. The molecule has 0 unspecified atom stereocenters. The summed E-state index contributed by atoms with van der Waals surface area (Å²) in [6, 6.07) is 15.3. The average Bonchev–Trinajstić information content (AvgIpc) is 2.85. The molecule has 2 fully saturated rings. The first kappa shape index (κ1) is 21.4. The fraction of sp³-hybridized carbons (Fsp3) is 0.440. The second kappa shape index (κ2) is 9.96. The summed E-state index contributed by atoms with van der Waals surface area (Å²) in [6.07, 6.45) is 2.98. The van der Waals surface area contributed by atoms with Crippen LogP contribution in [0.3, 0.4) is 0 Å². The van der Waals surface area contributed by atoms with E-state index < -0.39 is 0 Å². The number of ether oxygens (including phenoxy) is 2. The number of piperidine rings is 1. The Morgan fingerprint density at radius 2 is 1.35 bits per heavy atom. The van der Waals surface area contributed by atoms with Crippen LogP contribution in [0.5, 0.6) is 5.75 Å². The van der Waals surface area contributed by atoms with Crippen molar-refractivity contribution in [2.24, 2.45) is 5.92 Å². The van der Waals surface area contributed by atoms with Crippen molar-refractivity contribution in [3.05, 3.63) is 65.2 Å². The van der Waals surface area contributed by atoms with Crippen LogP contribution < -0.4 is 4.74 Å². The van der Waals surface area contributed by atoms with Gasteiger partial charge in [-0.15, -0.1) is 0 Å². The number of amides is 2. The van der Waals surface area contributed by atoms with Crippen LogP contribution in [-0.2, 0) is 11.2 Å². The fourth-order valence-corrected chi connectivity index (χ4v) is 4.32. The highest BCUT2D eigenvalue weighted by molar-refractivity contribution is 5.94. The molecule has 0 aromatic heterocycles. The Morgan fingerprint density at radius 1 is 0.839 bits per heavy atom. The maximum absolute atomic E-state index is 12.7. The molecule has 164 valence electrons. The minimum atomic E-state index is 0.0835. The third-order valence-electron chi connectivity index (χ3n) is 6.26. The van der Waals surface area contributed by atoms with Crippen molar-refractivity contribution in [2.75, 3.05) is 46.5 Å².